The maximum Gasteiger partial charge on any atom is 0.251 e. The minimum absolute atomic E-state index is 0. The van der Waals surface area contributed by atoms with Crippen LogP contribution in [-0.2, 0) is 13.0 Å². The Kier molecular flexibility index (Phi) is 4.85. The van der Waals surface area contributed by atoms with Gasteiger partial charge in [0.25, 0.3) is 5.91 Å². The molecule has 0 bridgehead atoms. The lowest BCUT2D eigenvalue weighted by Crippen LogP contribution is -2.37. The Morgan fingerprint density at radius 3 is 3.05 bits per heavy atom. The van der Waals surface area contributed by atoms with Gasteiger partial charge in [-0.05, 0) is 30.5 Å². The average Bonchev–Trinajstić information content (AvgIpc) is 2.83. The number of fused-ring (bicyclic) bond motifs is 1. The maximum absolute atomic E-state index is 11.8. The quantitative estimate of drug-likeness (QED) is 0.666. The Hall–Kier alpha value is -1.31. The summed E-state index contributed by atoms with van der Waals surface area (Å²) >= 11 is 0. The Bertz CT molecular complexity index is 544. The number of guanidine groups is 1. The van der Waals surface area contributed by atoms with Gasteiger partial charge in [-0.25, -0.2) is 0 Å². The second-order valence-corrected chi connectivity index (χ2v) is 5.09. The van der Waals surface area contributed by atoms with Gasteiger partial charge in [-0.15, -0.1) is 24.0 Å². The number of nitrogens with zero attached hydrogens (tertiary/aromatic N) is 1. The van der Waals surface area contributed by atoms with Gasteiger partial charge in [0.15, 0.2) is 5.96 Å². The molecule has 1 unspecified atom stereocenters. The number of rotatable bonds is 2. The zero-order valence-corrected chi connectivity index (χ0v) is 13.7. The standard InChI is InChI=1S/C14H18N4O.HI/c1-9-7-16-14(18-9)17-8-10-2-3-11-4-5-15-13(19)12(11)6-10;/h2-3,6,9H,4-5,7-8H2,1H3,(H,15,19)(H2,16,17,18);1H. The molecule has 3 N–H and O–H groups in total. The molecule has 1 aromatic rings. The first kappa shape index (κ1) is 15.1. The lowest BCUT2D eigenvalue weighted by atomic mass is 9.98. The highest BCUT2D eigenvalue weighted by molar-refractivity contribution is 14.0. The summed E-state index contributed by atoms with van der Waals surface area (Å²) in [5.41, 5.74) is 3.04. The Morgan fingerprint density at radius 2 is 2.30 bits per heavy atom. The molecular weight excluding hydrogens is 367 g/mol. The Balaban J connectivity index is 0.00000147. The Morgan fingerprint density at radius 1 is 1.45 bits per heavy atom. The number of amides is 1. The molecule has 2 heterocycles. The molecule has 0 saturated carbocycles. The molecule has 3 rings (SSSR count). The fourth-order valence-electron chi connectivity index (χ4n) is 2.41. The van der Waals surface area contributed by atoms with Gasteiger partial charge in [-0.1, -0.05) is 12.1 Å². The average molecular weight is 386 g/mol. The third-order valence-electron chi connectivity index (χ3n) is 3.47. The van der Waals surface area contributed by atoms with Crippen molar-refractivity contribution in [1.29, 1.82) is 0 Å². The molecule has 0 spiro atoms. The topological polar surface area (TPSA) is 65.5 Å². The fraction of sp³-hybridized carbons (Fsp3) is 0.429. The van der Waals surface area contributed by atoms with E-state index < -0.39 is 0 Å². The van der Waals surface area contributed by atoms with Crippen LogP contribution in [0.15, 0.2) is 23.2 Å². The molecule has 1 atom stereocenters. The monoisotopic (exact) mass is 386 g/mol. The van der Waals surface area contributed by atoms with Crippen LogP contribution in [0.2, 0.25) is 0 Å². The molecule has 0 fully saturated rings. The van der Waals surface area contributed by atoms with Crippen LogP contribution < -0.4 is 16.0 Å². The van der Waals surface area contributed by atoms with E-state index in [1.165, 1.54) is 0 Å². The van der Waals surface area contributed by atoms with Crippen LogP contribution in [0.25, 0.3) is 0 Å². The predicted molar refractivity (Wildman–Crippen MR) is 89.6 cm³/mol. The smallest absolute Gasteiger partial charge is 0.251 e. The number of halogens is 1. The highest BCUT2D eigenvalue weighted by atomic mass is 127. The number of carbonyl (C=O) groups is 1. The third-order valence-corrected chi connectivity index (χ3v) is 3.47. The Labute approximate surface area is 135 Å². The molecule has 6 heteroatoms. The maximum atomic E-state index is 11.8. The first-order valence-electron chi connectivity index (χ1n) is 6.67. The van der Waals surface area contributed by atoms with Crippen LogP contribution in [0.5, 0.6) is 0 Å². The number of carbonyl (C=O) groups excluding carboxylic acids is 1. The predicted octanol–water partition coefficient (Wildman–Crippen LogP) is 1.03. The first-order chi connectivity index (χ1) is 9.22. The molecule has 0 aromatic heterocycles. The van der Waals surface area contributed by atoms with Crippen molar-refractivity contribution in [2.45, 2.75) is 25.9 Å². The van der Waals surface area contributed by atoms with E-state index in [4.69, 9.17) is 0 Å². The molecule has 1 aromatic carbocycles. The summed E-state index contributed by atoms with van der Waals surface area (Å²) in [7, 11) is 0. The molecule has 0 radical (unpaired) electrons. The van der Waals surface area contributed by atoms with Crippen molar-refractivity contribution in [3.05, 3.63) is 34.9 Å². The van der Waals surface area contributed by atoms with Gasteiger partial charge in [0.05, 0.1) is 6.54 Å². The van der Waals surface area contributed by atoms with E-state index in [0.29, 0.717) is 12.6 Å². The molecule has 0 aliphatic carbocycles. The van der Waals surface area contributed by atoms with Crippen molar-refractivity contribution >= 4 is 35.8 Å². The molecule has 2 aliphatic rings. The van der Waals surface area contributed by atoms with E-state index in [0.717, 1.165) is 42.2 Å². The summed E-state index contributed by atoms with van der Waals surface area (Å²) in [6, 6.07) is 6.49. The van der Waals surface area contributed by atoms with Gasteiger partial charge in [0.2, 0.25) is 0 Å². The van der Waals surface area contributed by atoms with Gasteiger partial charge in [0.1, 0.15) is 0 Å². The number of nitrogens with one attached hydrogen (secondary N) is 3. The second kappa shape index (κ2) is 6.43. The van der Waals surface area contributed by atoms with Crippen molar-refractivity contribution in [3.63, 3.8) is 0 Å². The number of hydrogen-bond donors (Lipinski definition) is 3. The van der Waals surface area contributed by atoms with E-state index in [1.807, 2.05) is 6.07 Å². The van der Waals surface area contributed by atoms with Crippen molar-refractivity contribution in [2.24, 2.45) is 4.99 Å². The zero-order chi connectivity index (χ0) is 13.2. The van der Waals surface area contributed by atoms with Crippen LogP contribution in [0.4, 0.5) is 0 Å². The summed E-state index contributed by atoms with van der Waals surface area (Å²) in [5, 5.41) is 9.38. The summed E-state index contributed by atoms with van der Waals surface area (Å²) in [6.45, 7) is 4.33. The van der Waals surface area contributed by atoms with E-state index in [1.54, 1.807) is 0 Å². The minimum atomic E-state index is 0. The lowest BCUT2D eigenvalue weighted by Gasteiger charge is -2.17. The zero-order valence-electron chi connectivity index (χ0n) is 11.4. The largest absolute Gasteiger partial charge is 0.352 e. The molecule has 20 heavy (non-hydrogen) atoms. The van der Waals surface area contributed by atoms with Gasteiger partial charge in [-0.2, -0.15) is 0 Å². The van der Waals surface area contributed by atoms with Crippen molar-refractivity contribution in [3.8, 4) is 0 Å². The summed E-state index contributed by atoms with van der Waals surface area (Å²) in [4.78, 5) is 16.1. The highest BCUT2D eigenvalue weighted by Crippen LogP contribution is 2.15. The second-order valence-electron chi connectivity index (χ2n) is 5.09. The van der Waals surface area contributed by atoms with Gasteiger partial charge in [-0.3, -0.25) is 9.79 Å². The highest BCUT2D eigenvalue weighted by Gasteiger charge is 2.17. The van der Waals surface area contributed by atoms with Crippen LogP contribution >= 0.6 is 24.0 Å². The third kappa shape index (κ3) is 3.23. The lowest BCUT2D eigenvalue weighted by molar-refractivity contribution is 0.0946. The summed E-state index contributed by atoms with van der Waals surface area (Å²) < 4.78 is 0. The SMILES string of the molecule is CC1CN=C(NCc2ccc3c(c2)C(=O)NCC3)N1.I. The fourth-order valence-corrected chi connectivity index (χ4v) is 2.41. The molecule has 1 amide bonds. The number of benzene rings is 1. The van der Waals surface area contributed by atoms with Gasteiger partial charge < -0.3 is 16.0 Å². The molecular formula is C14H19IN4O. The normalized spacial score (nSPS) is 20.1. The summed E-state index contributed by atoms with van der Waals surface area (Å²) in [6.07, 6.45) is 0.917. The van der Waals surface area contributed by atoms with E-state index in [2.05, 4.69) is 40.0 Å². The van der Waals surface area contributed by atoms with Crippen LogP contribution in [0, 0.1) is 0 Å². The number of aliphatic imine (C=N–C) groups is 1. The van der Waals surface area contributed by atoms with E-state index >= 15 is 0 Å². The molecule has 2 aliphatic heterocycles. The van der Waals surface area contributed by atoms with Crippen molar-refractivity contribution < 1.29 is 4.79 Å². The van der Waals surface area contributed by atoms with Crippen LogP contribution in [-0.4, -0.2) is 31.0 Å². The molecule has 108 valence electrons. The number of hydrogen-bond acceptors (Lipinski definition) is 4. The molecule has 5 nitrogen and oxygen atoms in total. The van der Waals surface area contributed by atoms with Crippen LogP contribution in [0.3, 0.4) is 0 Å². The van der Waals surface area contributed by atoms with Crippen molar-refractivity contribution in [1.82, 2.24) is 16.0 Å². The van der Waals surface area contributed by atoms with Gasteiger partial charge in [0, 0.05) is 24.7 Å². The van der Waals surface area contributed by atoms with Crippen LogP contribution in [0.1, 0.15) is 28.4 Å². The minimum Gasteiger partial charge on any atom is -0.352 e. The van der Waals surface area contributed by atoms with E-state index in [9.17, 15) is 4.79 Å². The van der Waals surface area contributed by atoms with Crippen molar-refractivity contribution in [2.75, 3.05) is 13.1 Å². The van der Waals surface area contributed by atoms with Gasteiger partial charge >= 0.3 is 0 Å². The molecule has 0 saturated heterocycles. The van der Waals surface area contributed by atoms with E-state index in [-0.39, 0.29) is 29.9 Å². The summed E-state index contributed by atoms with van der Waals surface area (Å²) in [5.74, 6) is 0.878. The first-order valence-corrected chi connectivity index (χ1v) is 6.67.